The van der Waals surface area contributed by atoms with Crippen molar-refractivity contribution < 1.29 is 4.79 Å². The van der Waals surface area contributed by atoms with Crippen LogP contribution in [0.5, 0.6) is 0 Å². The number of aromatic nitrogens is 2. The zero-order valence-corrected chi connectivity index (χ0v) is 12.5. The van der Waals surface area contributed by atoms with Gasteiger partial charge in [0.05, 0.1) is 11.9 Å². The summed E-state index contributed by atoms with van der Waals surface area (Å²) in [6.07, 6.45) is 5.52. The first-order valence-electron chi connectivity index (χ1n) is 7.53. The van der Waals surface area contributed by atoms with Crippen LogP contribution in [0.25, 0.3) is 5.69 Å². The van der Waals surface area contributed by atoms with Crippen molar-refractivity contribution in [3.05, 3.63) is 48.3 Å². The van der Waals surface area contributed by atoms with E-state index in [9.17, 15) is 4.79 Å². The largest absolute Gasteiger partial charge is 0.353 e. The molecule has 4 heteroatoms. The van der Waals surface area contributed by atoms with Gasteiger partial charge in [-0.15, -0.1) is 0 Å². The number of benzene rings is 1. The third-order valence-corrected chi connectivity index (χ3v) is 4.01. The lowest BCUT2D eigenvalue weighted by Crippen LogP contribution is -2.29. The molecule has 2 atom stereocenters. The minimum absolute atomic E-state index is 0.151. The van der Waals surface area contributed by atoms with Crippen molar-refractivity contribution in [3.63, 3.8) is 0 Å². The molecule has 1 aromatic heterocycles. The van der Waals surface area contributed by atoms with E-state index in [-0.39, 0.29) is 17.9 Å². The van der Waals surface area contributed by atoms with Gasteiger partial charge in [-0.05, 0) is 30.0 Å². The highest BCUT2D eigenvalue weighted by atomic mass is 16.2. The van der Waals surface area contributed by atoms with Crippen molar-refractivity contribution in [2.75, 3.05) is 0 Å². The summed E-state index contributed by atoms with van der Waals surface area (Å²) in [6.45, 7) is 4.38. The summed E-state index contributed by atoms with van der Waals surface area (Å²) >= 11 is 0. The van der Waals surface area contributed by atoms with Crippen molar-refractivity contribution in [2.45, 2.75) is 38.6 Å². The number of carbonyl (C=O) groups excluding carboxylic acids is 1. The lowest BCUT2D eigenvalue weighted by molar-refractivity contribution is -0.119. The van der Waals surface area contributed by atoms with Gasteiger partial charge in [-0.1, -0.05) is 32.0 Å². The summed E-state index contributed by atoms with van der Waals surface area (Å²) in [6, 6.07) is 10.3. The van der Waals surface area contributed by atoms with E-state index in [1.165, 1.54) is 0 Å². The van der Waals surface area contributed by atoms with Crippen molar-refractivity contribution in [1.82, 2.24) is 15.1 Å². The molecule has 2 unspecified atom stereocenters. The Morgan fingerprint density at radius 2 is 2.10 bits per heavy atom. The molecule has 0 aliphatic carbocycles. The van der Waals surface area contributed by atoms with Gasteiger partial charge in [0.2, 0.25) is 5.91 Å². The van der Waals surface area contributed by atoms with Gasteiger partial charge < -0.3 is 5.32 Å². The highest BCUT2D eigenvalue weighted by molar-refractivity contribution is 5.80. The Morgan fingerprint density at radius 1 is 1.33 bits per heavy atom. The third kappa shape index (κ3) is 2.99. The fraction of sp³-hybridized carbons (Fsp3) is 0.412. The summed E-state index contributed by atoms with van der Waals surface area (Å²) in [4.78, 5) is 11.8. The van der Waals surface area contributed by atoms with Gasteiger partial charge in [-0.2, -0.15) is 5.10 Å². The molecule has 1 N–H and O–H groups in total. The van der Waals surface area contributed by atoms with Crippen LogP contribution in [0.15, 0.2) is 42.7 Å². The molecule has 0 saturated carbocycles. The van der Waals surface area contributed by atoms with Crippen molar-refractivity contribution in [3.8, 4) is 5.69 Å². The van der Waals surface area contributed by atoms with E-state index in [2.05, 4.69) is 24.3 Å². The molecule has 0 radical (unpaired) electrons. The normalized spacial score (nSPS) is 21.8. The molecular formula is C17H21N3O. The molecule has 0 spiro atoms. The highest BCUT2D eigenvalue weighted by Crippen LogP contribution is 2.31. The van der Waals surface area contributed by atoms with Crippen LogP contribution >= 0.6 is 0 Å². The molecule has 2 heterocycles. The van der Waals surface area contributed by atoms with Crippen LogP contribution in [-0.4, -0.2) is 21.7 Å². The van der Waals surface area contributed by atoms with Crippen LogP contribution in [0, 0.1) is 5.92 Å². The number of para-hydroxylation sites is 1. The van der Waals surface area contributed by atoms with E-state index in [0.717, 1.165) is 17.7 Å². The second-order valence-corrected chi connectivity index (χ2v) is 6.17. The van der Waals surface area contributed by atoms with Crippen LogP contribution in [0.3, 0.4) is 0 Å². The third-order valence-electron chi connectivity index (χ3n) is 4.01. The Kier molecular flexibility index (Phi) is 3.78. The number of rotatable bonds is 4. The van der Waals surface area contributed by atoms with Crippen LogP contribution in [0.4, 0.5) is 0 Å². The van der Waals surface area contributed by atoms with Gasteiger partial charge in [0, 0.05) is 24.6 Å². The molecule has 1 aliphatic rings. The zero-order chi connectivity index (χ0) is 14.8. The lowest BCUT2D eigenvalue weighted by atomic mass is 9.89. The predicted octanol–water partition coefficient (Wildman–Crippen LogP) is 2.89. The van der Waals surface area contributed by atoms with Gasteiger partial charge >= 0.3 is 0 Å². The smallest absolute Gasteiger partial charge is 0.220 e. The number of hydrogen-bond acceptors (Lipinski definition) is 2. The van der Waals surface area contributed by atoms with Crippen molar-refractivity contribution in [2.24, 2.45) is 5.92 Å². The molecule has 1 fully saturated rings. The Balaban J connectivity index is 1.83. The van der Waals surface area contributed by atoms with Gasteiger partial charge in [-0.25, -0.2) is 4.68 Å². The lowest BCUT2D eigenvalue weighted by Gasteiger charge is -2.19. The molecule has 110 valence electrons. The van der Waals surface area contributed by atoms with E-state index in [1.54, 1.807) is 0 Å². The Morgan fingerprint density at radius 3 is 2.81 bits per heavy atom. The molecule has 1 amide bonds. The number of nitrogens with one attached hydrogen (secondary N) is 1. The topological polar surface area (TPSA) is 46.9 Å². The number of hydrogen-bond donors (Lipinski definition) is 1. The Bertz CT molecular complexity index is 618. The summed E-state index contributed by atoms with van der Waals surface area (Å²) in [7, 11) is 0. The van der Waals surface area contributed by atoms with E-state index < -0.39 is 0 Å². The minimum Gasteiger partial charge on any atom is -0.353 e. The molecule has 3 rings (SSSR count). The average Bonchev–Trinajstić information content (AvgIpc) is 3.06. The van der Waals surface area contributed by atoms with E-state index in [0.29, 0.717) is 12.3 Å². The SMILES string of the molecule is CC(C)CC1NC(=O)CC1c1cnn(-c2ccccc2)c1. The number of carbonyl (C=O) groups is 1. The Hall–Kier alpha value is -2.10. The summed E-state index contributed by atoms with van der Waals surface area (Å²) in [5.41, 5.74) is 2.18. The monoisotopic (exact) mass is 283 g/mol. The minimum atomic E-state index is 0.151. The fourth-order valence-corrected chi connectivity index (χ4v) is 3.04. The molecule has 1 aliphatic heterocycles. The van der Waals surface area contributed by atoms with Gasteiger partial charge in [0.15, 0.2) is 0 Å². The second-order valence-electron chi connectivity index (χ2n) is 6.17. The first-order valence-corrected chi connectivity index (χ1v) is 7.53. The van der Waals surface area contributed by atoms with Crippen molar-refractivity contribution >= 4 is 5.91 Å². The summed E-state index contributed by atoms with van der Waals surface area (Å²) < 4.78 is 1.88. The molecule has 4 nitrogen and oxygen atoms in total. The van der Waals surface area contributed by atoms with E-state index in [1.807, 2.05) is 47.4 Å². The Labute approximate surface area is 125 Å². The summed E-state index contributed by atoms with van der Waals surface area (Å²) in [5, 5.41) is 7.55. The maximum absolute atomic E-state index is 11.8. The number of nitrogens with zero attached hydrogens (tertiary/aromatic N) is 2. The van der Waals surface area contributed by atoms with E-state index in [4.69, 9.17) is 0 Å². The molecule has 1 aromatic carbocycles. The number of amides is 1. The zero-order valence-electron chi connectivity index (χ0n) is 12.5. The maximum atomic E-state index is 11.8. The first kappa shape index (κ1) is 13.9. The predicted molar refractivity (Wildman–Crippen MR) is 82.3 cm³/mol. The van der Waals surface area contributed by atoms with Crippen LogP contribution < -0.4 is 5.32 Å². The van der Waals surface area contributed by atoms with Gasteiger partial charge in [0.25, 0.3) is 0 Å². The maximum Gasteiger partial charge on any atom is 0.220 e. The molecule has 2 aromatic rings. The summed E-state index contributed by atoms with van der Waals surface area (Å²) in [5.74, 6) is 0.954. The van der Waals surface area contributed by atoms with Crippen LogP contribution in [0.1, 0.15) is 38.2 Å². The highest BCUT2D eigenvalue weighted by Gasteiger charge is 2.34. The quantitative estimate of drug-likeness (QED) is 0.938. The standard InChI is InChI=1S/C17H21N3O/c1-12(2)8-16-15(9-17(21)19-16)13-10-18-20(11-13)14-6-4-3-5-7-14/h3-7,10-12,15-16H,8-9H2,1-2H3,(H,19,21). The molecule has 1 saturated heterocycles. The second kappa shape index (κ2) is 5.72. The molecular weight excluding hydrogens is 262 g/mol. The average molecular weight is 283 g/mol. The molecule has 21 heavy (non-hydrogen) atoms. The van der Waals surface area contributed by atoms with Crippen LogP contribution in [-0.2, 0) is 4.79 Å². The molecule has 0 bridgehead atoms. The first-order chi connectivity index (χ1) is 10.1. The fourth-order valence-electron chi connectivity index (χ4n) is 3.04. The van der Waals surface area contributed by atoms with Gasteiger partial charge in [0.1, 0.15) is 0 Å². The van der Waals surface area contributed by atoms with Crippen LogP contribution in [0.2, 0.25) is 0 Å². The van der Waals surface area contributed by atoms with Crippen molar-refractivity contribution in [1.29, 1.82) is 0 Å². The van der Waals surface area contributed by atoms with E-state index >= 15 is 0 Å². The van der Waals surface area contributed by atoms with Gasteiger partial charge in [-0.3, -0.25) is 4.79 Å².